The normalized spacial score (nSPS) is 15.7. The minimum absolute atomic E-state index is 0.420. The van der Waals surface area contributed by atoms with Gasteiger partial charge in [-0.2, -0.15) is 0 Å². The van der Waals surface area contributed by atoms with E-state index in [-0.39, 0.29) is 0 Å². The SMILES string of the molecule is CC(O)C(N)c1cncc(Cl)c1. The van der Waals surface area contributed by atoms with Crippen molar-refractivity contribution in [2.45, 2.75) is 19.1 Å². The van der Waals surface area contributed by atoms with Gasteiger partial charge in [-0.05, 0) is 18.6 Å². The molecular formula is C8H11ClN2O. The van der Waals surface area contributed by atoms with Crippen LogP contribution in [0.15, 0.2) is 18.5 Å². The lowest BCUT2D eigenvalue weighted by atomic mass is 10.1. The van der Waals surface area contributed by atoms with Gasteiger partial charge < -0.3 is 10.8 Å². The summed E-state index contributed by atoms with van der Waals surface area (Å²) in [6.07, 6.45) is 2.54. The molecule has 0 bridgehead atoms. The average molecular weight is 187 g/mol. The number of rotatable bonds is 2. The van der Waals surface area contributed by atoms with Crippen molar-refractivity contribution in [2.75, 3.05) is 0 Å². The number of nitrogens with two attached hydrogens (primary N) is 1. The molecule has 0 saturated carbocycles. The fourth-order valence-electron chi connectivity index (χ4n) is 0.889. The molecule has 0 spiro atoms. The number of aromatic nitrogens is 1. The van der Waals surface area contributed by atoms with E-state index in [1.165, 1.54) is 6.20 Å². The van der Waals surface area contributed by atoms with Crippen molar-refractivity contribution >= 4 is 11.6 Å². The molecule has 0 saturated heterocycles. The Bertz CT molecular complexity index is 265. The van der Waals surface area contributed by atoms with Crippen LogP contribution in [-0.4, -0.2) is 16.2 Å². The lowest BCUT2D eigenvalue weighted by Crippen LogP contribution is -2.23. The van der Waals surface area contributed by atoms with Crippen LogP contribution in [0.1, 0.15) is 18.5 Å². The summed E-state index contributed by atoms with van der Waals surface area (Å²) in [6.45, 7) is 1.63. The molecule has 0 aliphatic carbocycles. The van der Waals surface area contributed by atoms with Gasteiger partial charge in [0.15, 0.2) is 0 Å². The van der Waals surface area contributed by atoms with Gasteiger partial charge in [-0.15, -0.1) is 0 Å². The Morgan fingerprint density at radius 3 is 2.75 bits per heavy atom. The van der Waals surface area contributed by atoms with Crippen molar-refractivity contribution in [2.24, 2.45) is 5.73 Å². The van der Waals surface area contributed by atoms with E-state index in [1.807, 2.05) is 0 Å². The summed E-state index contributed by atoms with van der Waals surface area (Å²) in [5.41, 5.74) is 6.41. The molecule has 12 heavy (non-hydrogen) atoms. The van der Waals surface area contributed by atoms with Crippen molar-refractivity contribution in [1.29, 1.82) is 0 Å². The maximum atomic E-state index is 9.17. The first kappa shape index (κ1) is 9.45. The van der Waals surface area contributed by atoms with Crippen LogP contribution < -0.4 is 5.73 Å². The van der Waals surface area contributed by atoms with E-state index in [9.17, 15) is 0 Å². The summed E-state index contributed by atoms with van der Waals surface area (Å²) in [5, 5.41) is 9.70. The maximum Gasteiger partial charge on any atom is 0.0705 e. The number of aliphatic hydroxyl groups is 1. The van der Waals surface area contributed by atoms with E-state index in [0.717, 1.165) is 5.56 Å². The van der Waals surface area contributed by atoms with Gasteiger partial charge in [0.2, 0.25) is 0 Å². The highest BCUT2D eigenvalue weighted by atomic mass is 35.5. The number of hydrogen-bond acceptors (Lipinski definition) is 3. The highest BCUT2D eigenvalue weighted by molar-refractivity contribution is 6.30. The molecule has 0 amide bonds. The van der Waals surface area contributed by atoms with Crippen molar-refractivity contribution in [3.05, 3.63) is 29.0 Å². The number of pyridine rings is 1. The second-order valence-corrected chi connectivity index (χ2v) is 3.14. The van der Waals surface area contributed by atoms with Gasteiger partial charge in [-0.3, -0.25) is 4.98 Å². The summed E-state index contributed by atoms with van der Waals surface area (Å²) >= 11 is 5.69. The molecular weight excluding hydrogens is 176 g/mol. The first-order valence-corrected chi connectivity index (χ1v) is 4.03. The predicted molar refractivity (Wildman–Crippen MR) is 47.9 cm³/mol. The van der Waals surface area contributed by atoms with Crippen molar-refractivity contribution in [1.82, 2.24) is 4.98 Å². The average Bonchev–Trinajstić information content (AvgIpc) is 2.03. The van der Waals surface area contributed by atoms with E-state index >= 15 is 0 Å². The van der Waals surface area contributed by atoms with E-state index in [4.69, 9.17) is 22.4 Å². The predicted octanol–water partition coefficient (Wildman–Crippen LogP) is 1.12. The number of aliphatic hydroxyl groups excluding tert-OH is 1. The standard InChI is InChI=1S/C8H11ClN2O/c1-5(12)8(10)6-2-7(9)4-11-3-6/h2-5,8,12H,10H2,1H3. The largest absolute Gasteiger partial charge is 0.391 e. The van der Waals surface area contributed by atoms with E-state index in [1.54, 1.807) is 19.2 Å². The van der Waals surface area contributed by atoms with Gasteiger partial charge in [0, 0.05) is 12.4 Å². The van der Waals surface area contributed by atoms with Crippen LogP contribution in [0, 0.1) is 0 Å². The van der Waals surface area contributed by atoms with Crippen molar-refractivity contribution < 1.29 is 5.11 Å². The molecule has 4 heteroatoms. The van der Waals surface area contributed by atoms with Gasteiger partial charge in [0.25, 0.3) is 0 Å². The van der Waals surface area contributed by atoms with Crippen molar-refractivity contribution in [3.63, 3.8) is 0 Å². The van der Waals surface area contributed by atoms with E-state index in [2.05, 4.69) is 4.98 Å². The summed E-state index contributed by atoms with van der Waals surface area (Å²) < 4.78 is 0. The molecule has 0 aliphatic heterocycles. The fourth-order valence-corrected chi connectivity index (χ4v) is 1.07. The lowest BCUT2D eigenvalue weighted by molar-refractivity contribution is 0.164. The molecule has 0 aliphatic rings. The van der Waals surface area contributed by atoms with Crippen LogP contribution >= 0.6 is 11.6 Å². The van der Waals surface area contributed by atoms with E-state index < -0.39 is 12.1 Å². The maximum absolute atomic E-state index is 9.17. The summed E-state index contributed by atoms with van der Waals surface area (Å²) in [4.78, 5) is 3.86. The highest BCUT2D eigenvalue weighted by Crippen LogP contribution is 2.16. The second-order valence-electron chi connectivity index (χ2n) is 2.70. The van der Waals surface area contributed by atoms with Gasteiger partial charge in [0.1, 0.15) is 0 Å². The number of halogens is 1. The van der Waals surface area contributed by atoms with Gasteiger partial charge in [0.05, 0.1) is 17.2 Å². The van der Waals surface area contributed by atoms with Crippen LogP contribution in [0.25, 0.3) is 0 Å². The topological polar surface area (TPSA) is 59.1 Å². The third-order valence-electron chi connectivity index (χ3n) is 1.63. The molecule has 1 rings (SSSR count). The zero-order valence-electron chi connectivity index (χ0n) is 6.74. The van der Waals surface area contributed by atoms with E-state index in [0.29, 0.717) is 5.02 Å². The van der Waals surface area contributed by atoms with Crippen molar-refractivity contribution in [3.8, 4) is 0 Å². The Labute approximate surface area is 76.2 Å². The minimum atomic E-state index is -0.592. The molecule has 2 unspecified atom stereocenters. The van der Waals surface area contributed by atoms with Gasteiger partial charge in [-0.25, -0.2) is 0 Å². The molecule has 0 aromatic carbocycles. The van der Waals surface area contributed by atoms with Gasteiger partial charge in [-0.1, -0.05) is 11.6 Å². The Balaban J connectivity index is 2.88. The van der Waals surface area contributed by atoms with Crippen LogP contribution in [-0.2, 0) is 0 Å². The monoisotopic (exact) mass is 186 g/mol. The van der Waals surface area contributed by atoms with Crippen LogP contribution in [0.4, 0.5) is 0 Å². The first-order valence-electron chi connectivity index (χ1n) is 3.65. The molecule has 0 radical (unpaired) electrons. The zero-order chi connectivity index (χ0) is 9.14. The highest BCUT2D eigenvalue weighted by Gasteiger charge is 2.11. The smallest absolute Gasteiger partial charge is 0.0705 e. The molecule has 1 aromatic heterocycles. The van der Waals surface area contributed by atoms with Crippen LogP contribution in [0.2, 0.25) is 5.02 Å². The molecule has 1 heterocycles. The third kappa shape index (κ3) is 2.17. The molecule has 66 valence electrons. The molecule has 2 atom stereocenters. The Kier molecular flexibility index (Phi) is 3.03. The Hall–Kier alpha value is -0.640. The summed E-state index contributed by atoms with van der Waals surface area (Å²) in [5.74, 6) is 0. The third-order valence-corrected chi connectivity index (χ3v) is 1.84. The summed E-state index contributed by atoms with van der Waals surface area (Å²) in [7, 11) is 0. The summed E-state index contributed by atoms with van der Waals surface area (Å²) in [6, 6.07) is 1.28. The molecule has 3 N–H and O–H groups in total. The second kappa shape index (κ2) is 3.85. The van der Waals surface area contributed by atoms with Crippen LogP contribution in [0.5, 0.6) is 0 Å². The number of nitrogens with zero attached hydrogens (tertiary/aromatic N) is 1. The van der Waals surface area contributed by atoms with Crippen LogP contribution in [0.3, 0.4) is 0 Å². The molecule has 3 nitrogen and oxygen atoms in total. The fraction of sp³-hybridized carbons (Fsp3) is 0.375. The Morgan fingerprint density at radius 1 is 1.58 bits per heavy atom. The minimum Gasteiger partial charge on any atom is -0.391 e. The lowest BCUT2D eigenvalue weighted by Gasteiger charge is -2.14. The number of hydrogen-bond donors (Lipinski definition) is 2. The van der Waals surface area contributed by atoms with Gasteiger partial charge >= 0.3 is 0 Å². The molecule has 1 aromatic rings. The zero-order valence-corrected chi connectivity index (χ0v) is 7.49. The Morgan fingerprint density at radius 2 is 2.25 bits per heavy atom. The quantitative estimate of drug-likeness (QED) is 0.728. The first-order chi connectivity index (χ1) is 5.61. The molecule has 0 fully saturated rings.